The summed E-state index contributed by atoms with van der Waals surface area (Å²) < 4.78 is 33.9. The molecule has 0 saturated carbocycles. The molecular weight excluding hydrogens is 417 g/mol. The highest BCUT2D eigenvalue weighted by molar-refractivity contribution is 5.88. The van der Waals surface area contributed by atoms with Crippen LogP contribution in [0.5, 0.6) is 0 Å². The van der Waals surface area contributed by atoms with Gasteiger partial charge in [-0.05, 0) is 49.3 Å². The van der Waals surface area contributed by atoms with Crippen molar-refractivity contribution < 1.29 is 27.6 Å². The van der Waals surface area contributed by atoms with Crippen molar-refractivity contribution in [3.8, 4) is 0 Å². The number of nitrogens with zero attached hydrogens (tertiary/aromatic N) is 2. The molecule has 0 saturated heterocycles. The highest BCUT2D eigenvalue weighted by atomic mass is 19.4. The molecule has 0 bridgehead atoms. The zero-order valence-corrected chi connectivity index (χ0v) is 17.9. The van der Waals surface area contributed by atoms with Gasteiger partial charge in [0, 0.05) is 30.6 Å². The average molecular weight is 440 g/mol. The smallest absolute Gasteiger partial charge is 0.430 e. The minimum atomic E-state index is -5.19. The van der Waals surface area contributed by atoms with Crippen LogP contribution in [-0.2, 0) is 4.79 Å². The second-order valence-electron chi connectivity index (χ2n) is 7.59. The van der Waals surface area contributed by atoms with E-state index < -0.39 is 12.1 Å². The number of aromatic nitrogens is 1. The Balaban J connectivity index is 0.000000360. The van der Waals surface area contributed by atoms with E-state index in [9.17, 15) is 13.2 Å². The molecule has 32 heavy (non-hydrogen) atoms. The summed E-state index contributed by atoms with van der Waals surface area (Å²) in [5, 5.41) is 10.1. The van der Waals surface area contributed by atoms with Crippen LogP contribution < -0.4 is 14.6 Å². The van der Waals surface area contributed by atoms with Crippen molar-refractivity contribution in [3.63, 3.8) is 0 Å². The van der Waals surface area contributed by atoms with Gasteiger partial charge in [0.25, 0.3) is 0 Å². The maximum Gasteiger partial charge on any atom is 0.430 e. The van der Waals surface area contributed by atoms with E-state index in [0.717, 1.165) is 0 Å². The number of alkyl halides is 3. The molecule has 1 aliphatic heterocycles. The standard InChI is InChI=1S/C23H23N2.C2HF3O2/c1-17(2)25-15-14-19(21-9-5-7-11-23(21)25)16-20-13-12-18-8-4-6-10-22(18)24(20)3;3-2(4,5)1(6)7/h4-17H,1-3H3;(H,6,7)/q+1;/p-1. The summed E-state index contributed by atoms with van der Waals surface area (Å²) in [5.74, 6) is -3.01. The zero-order chi connectivity index (χ0) is 23.5. The molecule has 0 atom stereocenters. The Bertz CT molecular complexity index is 1200. The number of hydrogen-bond donors (Lipinski definition) is 0. The summed E-state index contributed by atoms with van der Waals surface area (Å²) in [7, 11) is 2.13. The minimum absolute atomic E-state index is 0.440. The lowest BCUT2D eigenvalue weighted by Gasteiger charge is -2.26. The highest BCUT2D eigenvalue weighted by Crippen LogP contribution is 2.31. The van der Waals surface area contributed by atoms with Crippen LogP contribution in [0.2, 0.25) is 0 Å². The average Bonchev–Trinajstić information content (AvgIpc) is 2.75. The van der Waals surface area contributed by atoms with Crippen LogP contribution in [0.15, 0.2) is 72.6 Å². The number of likely N-dealkylation sites (N-methyl/N-ethyl adjacent to an activating group) is 1. The number of carbonyl (C=O) groups is 1. The number of pyridine rings is 1. The Kier molecular flexibility index (Phi) is 6.67. The summed E-state index contributed by atoms with van der Waals surface area (Å²) >= 11 is 0. The van der Waals surface area contributed by atoms with Crippen LogP contribution in [-0.4, -0.2) is 19.2 Å². The van der Waals surface area contributed by atoms with Crippen molar-refractivity contribution in [3.05, 3.63) is 83.7 Å². The van der Waals surface area contributed by atoms with E-state index in [1.54, 1.807) is 0 Å². The minimum Gasteiger partial charge on any atom is -0.542 e. The quantitative estimate of drug-likeness (QED) is 0.551. The topological polar surface area (TPSA) is 47.2 Å². The fourth-order valence-electron chi connectivity index (χ4n) is 3.51. The first-order valence-electron chi connectivity index (χ1n) is 10.0. The maximum absolute atomic E-state index is 10.5. The number of anilines is 1. The Morgan fingerprint density at radius 1 is 1.03 bits per heavy atom. The van der Waals surface area contributed by atoms with Crippen molar-refractivity contribution in [2.45, 2.75) is 26.1 Å². The largest absolute Gasteiger partial charge is 0.542 e. The highest BCUT2D eigenvalue weighted by Gasteiger charge is 2.28. The lowest BCUT2D eigenvalue weighted by molar-refractivity contribution is -0.691. The van der Waals surface area contributed by atoms with Gasteiger partial charge in [0.1, 0.15) is 5.97 Å². The first-order valence-corrected chi connectivity index (χ1v) is 10.0. The third kappa shape index (κ3) is 4.99. The second kappa shape index (κ2) is 9.26. The number of carboxylic acid groups (broad SMARTS) is 1. The van der Waals surface area contributed by atoms with Gasteiger partial charge in [-0.25, -0.2) is 0 Å². The second-order valence-corrected chi connectivity index (χ2v) is 7.59. The third-order valence-corrected chi connectivity index (χ3v) is 5.12. The van der Waals surface area contributed by atoms with E-state index in [1.165, 1.54) is 33.4 Å². The molecular formula is C25H23F3N2O2. The van der Waals surface area contributed by atoms with Gasteiger partial charge in [0.15, 0.2) is 12.2 Å². The molecule has 3 aromatic rings. The molecule has 166 valence electrons. The van der Waals surface area contributed by atoms with Crippen molar-refractivity contribution >= 4 is 34.7 Å². The van der Waals surface area contributed by atoms with E-state index in [4.69, 9.17) is 9.90 Å². The third-order valence-electron chi connectivity index (χ3n) is 5.12. The number of fused-ring (bicyclic) bond motifs is 2. The van der Waals surface area contributed by atoms with Gasteiger partial charge in [0.2, 0.25) is 5.52 Å². The van der Waals surface area contributed by atoms with E-state index in [0.29, 0.717) is 6.04 Å². The predicted molar refractivity (Wildman–Crippen MR) is 117 cm³/mol. The fourth-order valence-corrected chi connectivity index (χ4v) is 3.51. The number of aliphatic carboxylic acids is 1. The van der Waals surface area contributed by atoms with Gasteiger partial charge in [-0.2, -0.15) is 17.7 Å². The monoisotopic (exact) mass is 440 g/mol. The molecule has 0 unspecified atom stereocenters. The van der Waals surface area contributed by atoms with Crippen LogP contribution in [0, 0.1) is 0 Å². The molecule has 1 aromatic heterocycles. The van der Waals surface area contributed by atoms with Gasteiger partial charge in [-0.15, -0.1) is 0 Å². The summed E-state index contributed by atoms with van der Waals surface area (Å²) in [4.78, 5) is 11.0. The van der Waals surface area contributed by atoms with E-state index in [-0.39, 0.29) is 0 Å². The number of hydrogen-bond acceptors (Lipinski definition) is 3. The van der Waals surface area contributed by atoms with Gasteiger partial charge in [0.05, 0.1) is 5.39 Å². The number of halogens is 3. The van der Waals surface area contributed by atoms with Gasteiger partial charge in [-0.1, -0.05) is 36.4 Å². The molecule has 2 aromatic carbocycles. The summed E-state index contributed by atoms with van der Waals surface area (Å²) in [5.41, 5.74) is 6.23. The van der Waals surface area contributed by atoms with E-state index >= 15 is 0 Å². The van der Waals surface area contributed by atoms with Gasteiger partial charge >= 0.3 is 6.18 Å². The number of carbonyl (C=O) groups excluding carboxylic acids is 1. The molecule has 0 N–H and O–H groups in total. The number of para-hydroxylation sites is 2. The molecule has 0 spiro atoms. The van der Waals surface area contributed by atoms with E-state index in [1.807, 2.05) is 0 Å². The SMILES string of the molecule is CC(C)[n+]1ccc(/C=C2/C=Cc3ccccc3N2C)c2ccccc21.O=C([O-])C(F)(F)F. The normalized spacial score (nSPS) is 14.3. The molecule has 0 amide bonds. The molecule has 2 heterocycles. The number of rotatable bonds is 2. The van der Waals surface area contributed by atoms with Gasteiger partial charge in [-0.3, -0.25) is 0 Å². The molecule has 7 heteroatoms. The first-order chi connectivity index (χ1) is 15.1. The molecule has 4 nitrogen and oxygen atoms in total. The Morgan fingerprint density at radius 2 is 1.66 bits per heavy atom. The van der Waals surface area contributed by atoms with Crippen molar-refractivity contribution in [2.75, 3.05) is 11.9 Å². The lowest BCUT2D eigenvalue weighted by Crippen LogP contribution is -2.37. The van der Waals surface area contributed by atoms with Crippen LogP contribution in [0.4, 0.5) is 18.9 Å². The summed E-state index contributed by atoms with van der Waals surface area (Å²) in [6.07, 6.45) is 3.67. The maximum atomic E-state index is 10.5. The zero-order valence-electron chi connectivity index (χ0n) is 17.9. The van der Waals surface area contributed by atoms with Crippen LogP contribution in [0.3, 0.4) is 0 Å². The number of allylic oxidation sites excluding steroid dienone is 1. The fraction of sp³-hybridized carbons (Fsp3) is 0.200. The van der Waals surface area contributed by atoms with Crippen LogP contribution in [0.25, 0.3) is 23.1 Å². The predicted octanol–water partition coefficient (Wildman–Crippen LogP) is 4.51. The first kappa shape index (κ1) is 23.1. The van der Waals surface area contributed by atoms with E-state index in [2.05, 4.69) is 109 Å². The van der Waals surface area contributed by atoms with Crippen LogP contribution >= 0.6 is 0 Å². The Labute approximate surface area is 184 Å². The summed E-state index contributed by atoms with van der Waals surface area (Å²) in [6.45, 7) is 4.44. The number of benzene rings is 2. The number of carboxylic acids is 1. The van der Waals surface area contributed by atoms with Gasteiger partial charge < -0.3 is 14.8 Å². The molecule has 0 fully saturated rings. The Morgan fingerprint density at radius 3 is 2.31 bits per heavy atom. The van der Waals surface area contributed by atoms with Crippen molar-refractivity contribution in [2.24, 2.45) is 0 Å². The Hall–Kier alpha value is -3.61. The molecule has 0 aliphatic carbocycles. The molecule has 1 aliphatic rings. The lowest BCUT2D eigenvalue weighted by atomic mass is 10.0. The van der Waals surface area contributed by atoms with Crippen molar-refractivity contribution in [1.82, 2.24) is 0 Å². The van der Waals surface area contributed by atoms with Crippen molar-refractivity contribution in [1.29, 1.82) is 0 Å². The summed E-state index contributed by atoms with van der Waals surface area (Å²) in [6, 6.07) is 19.8. The molecule has 0 radical (unpaired) electrons. The molecule has 4 rings (SSSR count). The van der Waals surface area contributed by atoms with Crippen LogP contribution in [0.1, 0.15) is 31.0 Å².